The van der Waals surface area contributed by atoms with Crippen LogP contribution in [0.4, 0.5) is 5.69 Å². The predicted octanol–water partition coefficient (Wildman–Crippen LogP) is 2.97. The summed E-state index contributed by atoms with van der Waals surface area (Å²) in [7, 11) is 0. The zero-order chi connectivity index (χ0) is 10.1. The standard InChI is InChI=1S/C11H12ClNO/c1-7-4-5-13-10-6-8(12)2-3-9(10)11(7)14/h2-3,6-7,13H,4-5H2,1H3. The molecule has 0 bridgehead atoms. The maximum Gasteiger partial charge on any atom is 0.167 e. The molecule has 0 amide bonds. The number of hydrogen-bond acceptors (Lipinski definition) is 2. The van der Waals surface area contributed by atoms with Crippen molar-refractivity contribution >= 4 is 23.1 Å². The predicted molar refractivity (Wildman–Crippen MR) is 58.1 cm³/mol. The number of halogens is 1. The number of rotatable bonds is 0. The van der Waals surface area contributed by atoms with E-state index in [-0.39, 0.29) is 11.7 Å². The fourth-order valence-corrected chi connectivity index (χ4v) is 1.87. The molecule has 2 rings (SSSR count). The van der Waals surface area contributed by atoms with Crippen LogP contribution >= 0.6 is 11.6 Å². The lowest BCUT2D eigenvalue weighted by atomic mass is 9.97. The molecule has 1 aromatic carbocycles. The number of nitrogens with one attached hydrogen (secondary N) is 1. The van der Waals surface area contributed by atoms with Crippen LogP contribution in [-0.4, -0.2) is 12.3 Å². The lowest BCUT2D eigenvalue weighted by molar-refractivity contribution is 0.0929. The van der Waals surface area contributed by atoms with Gasteiger partial charge in [0.1, 0.15) is 0 Å². The number of benzene rings is 1. The highest BCUT2D eigenvalue weighted by Gasteiger charge is 2.21. The molecule has 0 spiro atoms. The van der Waals surface area contributed by atoms with Crippen LogP contribution in [0.25, 0.3) is 0 Å². The summed E-state index contributed by atoms with van der Waals surface area (Å²) in [5, 5.41) is 3.89. The third-order valence-corrected chi connectivity index (χ3v) is 2.82. The highest BCUT2D eigenvalue weighted by Crippen LogP contribution is 2.27. The molecular weight excluding hydrogens is 198 g/mol. The monoisotopic (exact) mass is 209 g/mol. The van der Waals surface area contributed by atoms with Gasteiger partial charge in [-0.15, -0.1) is 0 Å². The van der Waals surface area contributed by atoms with Crippen LogP contribution in [0.3, 0.4) is 0 Å². The molecule has 3 heteroatoms. The van der Waals surface area contributed by atoms with Crippen molar-refractivity contribution in [3.05, 3.63) is 28.8 Å². The molecule has 0 fully saturated rings. The zero-order valence-corrected chi connectivity index (χ0v) is 8.77. The molecule has 1 atom stereocenters. The van der Waals surface area contributed by atoms with E-state index < -0.39 is 0 Å². The normalized spacial score (nSPS) is 21.0. The maximum atomic E-state index is 11.9. The van der Waals surface area contributed by atoms with Crippen LogP contribution in [0.1, 0.15) is 23.7 Å². The van der Waals surface area contributed by atoms with Crippen molar-refractivity contribution in [3.63, 3.8) is 0 Å². The second-order valence-electron chi connectivity index (χ2n) is 3.67. The summed E-state index contributed by atoms with van der Waals surface area (Å²) in [6.07, 6.45) is 0.880. The Morgan fingerprint density at radius 1 is 1.50 bits per heavy atom. The number of fused-ring (bicyclic) bond motifs is 1. The minimum absolute atomic E-state index is 0.102. The molecular formula is C11H12ClNO. The van der Waals surface area contributed by atoms with Crippen molar-refractivity contribution in [2.24, 2.45) is 5.92 Å². The van der Waals surface area contributed by atoms with Crippen molar-refractivity contribution in [3.8, 4) is 0 Å². The first-order valence-electron chi connectivity index (χ1n) is 4.76. The van der Waals surface area contributed by atoms with Crippen LogP contribution in [0.15, 0.2) is 18.2 Å². The van der Waals surface area contributed by atoms with Crippen LogP contribution < -0.4 is 5.32 Å². The van der Waals surface area contributed by atoms with E-state index >= 15 is 0 Å². The summed E-state index contributed by atoms with van der Waals surface area (Å²) < 4.78 is 0. The molecule has 0 radical (unpaired) electrons. The van der Waals surface area contributed by atoms with Gasteiger partial charge in [0.15, 0.2) is 5.78 Å². The molecule has 0 saturated carbocycles. The van der Waals surface area contributed by atoms with Crippen molar-refractivity contribution in [2.75, 3.05) is 11.9 Å². The number of Topliss-reactive ketones (excluding diaryl/α,β-unsaturated/α-hetero) is 1. The molecule has 1 aromatic rings. The summed E-state index contributed by atoms with van der Waals surface area (Å²) in [6, 6.07) is 5.37. The van der Waals surface area contributed by atoms with E-state index in [1.165, 1.54) is 0 Å². The topological polar surface area (TPSA) is 29.1 Å². The zero-order valence-electron chi connectivity index (χ0n) is 8.01. The smallest absolute Gasteiger partial charge is 0.167 e. The van der Waals surface area contributed by atoms with E-state index in [0.29, 0.717) is 5.02 Å². The summed E-state index contributed by atoms with van der Waals surface area (Å²) in [6.45, 7) is 2.80. The number of hydrogen-bond donors (Lipinski definition) is 1. The van der Waals surface area contributed by atoms with Gasteiger partial charge < -0.3 is 5.32 Å². The van der Waals surface area contributed by atoms with E-state index in [0.717, 1.165) is 24.2 Å². The Bertz CT molecular complexity index is 376. The quantitative estimate of drug-likeness (QED) is 0.712. The summed E-state index contributed by atoms with van der Waals surface area (Å²) >= 11 is 5.86. The van der Waals surface area contributed by atoms with E-state index in [1.54, 1.807) is 12.1 Å². The summed E-state index contributed by atoms with van der Waals surface area (Å²) in [5.74, 6) is 0.312. The highest BCUT2D eigenvalue weighted by atomic mass is 35.5. The van der Waals surface area contributed by atoms with Gasteiger partial charge in [-0.2, -0.15) is 0 Å². The fraction of sp³-hybridized carbons (Fsp3) is 0.364. The Morgan fingerprint density at radius 2 is 2.29 bits per heavy atom. The van der Waals surface area contributed by atoms with Gasteiger partial charge in [-0.25, -0.2) is 0 Å². The summed E-state index contributed by atoms with van der Waals surface area (Å²) in [4.78, 5) is 11.9. The molecule has 2 nitrogen and oxygen atoms in total. The second kappa shape index (κ2) is 3.62. The van der Waals surface area contributed by atoms with Crippen molar-refractivity contribution in [1.82, 2.24) is 0 Å². The Balaban J connectivity index is 2.48. The molecule has 0 aliphatic carbocycles. The van der Waals surface area contributed by atoms with Gasteiger partial charge in [-0.05, 0) is 24.6 Å². The largest absolute Gasteiger partial charge is 0.384 e. The maximum absolute atomic E-state index is 11.9. The van der Waals surface area contributed by atoms with E-state index in [1.807, 2.05) is 13.0 Å². The third-order valence-electron chi connectivity index (χ3n) is 2.59. The van der Waals surface area contributed by atoms with Gasteiger partial charge in [-0.1, -0.05) is 18.5 Å². The SMILES string of the molecule is CC1CCNc2cc(Cl)ccc2C1=O. The molecule has 1 heterocycles. The van der Waals surface area contributed by atoms with E-state index in [2.05, 4.69) is 5.32 Å². The lowest BCUT2D eigenvalue weighted by Gasteiger charge is -2.07. The third kappa shape index (κ3) is 1.62. The first-order chi connectivity index (χ1) is 6.68. The number of anilines is 1. The second-order valence-corrected chi connectivity index (χ2v) is 4.11. The van der Waals surface area contributed by atoms with Crippen molar-refractivity contribution in [2.45, 2.75) is 13.3 Å². The first kappa shape index (κ1) is 9.53. The van der Waals surface area contributed by atoms with Gasteiger partial charge in [-0.3, -0.25) is 4.79 Å². The van der Waals surface area contributed by atoms with Gasteiger partial charge >= 0.3 is 0 Å². The Hall–Kier alpha value is -1.02. The minimum atomic E-state index is 0.102. The average Bonchev–Trinajstić information content (AvgIpc) is 2.28. The number of carbonyl (C=O) groups excluding carboxylic acids is 1. The van der Waals surface area contributed by atoms with Crippen LogP contribution in [0.5, 0.6) is 0 Å². The van der Waals surface area contributed by atoms with Crippen LogP contribution in [0, 0.1) is 5.92 Å². The van der Waals surface area contributed by atoms with Gasteiger partial charge in [0.2, 0.25) is 0 Å². The Morgan fingerprint density at radius 3 is 3.07 bits per heavy atom. The van der Waals surface area contributed by atoms with E-state index in [9.17, 15) is 4.79 Å². The molecule has 14 heavy (non-hydrogen) atoms. The Kier molecular flexibility index (Phi) is 2.46. The molecule has 1 aliphatic rings. The fourth-order valence-electron chi connectivity index (χ4n) is 1.70. The number of carbonyl (C=O) groups is 1. The summed E-state index contributed by atoms with van der Waals surface area (Å²) in [5.41, 5.74) is 1.63. The van der Waals surface area contributed by atoms with Gasteiger partial charge in [0.05, 0.1) is 0 Å². The minimum Gasteiger partial charge on any atom is -0.384 e. The highest BCUT2D eigenvalue weighted by molar-refractivity contribution is 6.31. The van der Waals surface area contributed by atoms with Crippen molar-refractivity contribution in [1.29, 1.82) is 0 Å². The van der Waals surface area contributed by atoms with Crippen LogP contribution in [0.2, 0.25) is 5.02 Å². The molecule has 1 unspecified atom stereocenters. The van der Waals surface area contributed by atoms with E-state index in [4.69, 9.17) is 11.6 Å². The molecule has 1 aliphatic heterocycles. The number of ketones is 1. The molecule has 0 saturated heterocycles. The van der Waals surface area contributed by atoms with Gasteiger partial charge in [0, 0.05) is 28.7 Å². The first-order valence-corrected chi connectivity index (χ1v) is 5.14. The lowest BCUT2D eigenvalue weighted by Crippen LogP contribution is -2.09. The van der Waals surface area contributed by atoms with Crippen molar-refractivity contribution < 1.29 is 4.79 Å². The van der Waals surface area contributed by atoms with Gasteiger partial charge in [0.25, 0.3) is 0 Å². The molecule has 0 aromatic heterocycles. The Labute approximate surface area is 88.3 Å². The molecule has 74 valence electrons. The molecule has 1 N–H and O–H groups in total. The van der Waals surface area contributed by atoms with Crippen LogP contribution in [-0.2, 0) is 0 Å². The average molecular weight is 210 g/mol.